The van der Waals surface area contributed by atoms with Gasteiger partial charge in [0.05, 0.1) is 6.61 Å². The summed E-state index contributed by atoms with van der Waals surface area (Å²) in [5.41, 5.74) is 2.72. The van der Waals surface area contributed by atoms with Crippen LogP contribution < -0.4 is 4.90 Å². The van der Waals surface area contributed by atoms with Gasteiger partial charge in [-0.15, -0.1) is 0 Å². The minimum Gasteiger partial charge on any atom is -0.396 e. The molecule has 3 rings (SSSR count). The van der Waals surface area contributed by atoms with Crippen molar-refractivity contribution in [1.82, 2.24) is 4.90 Å². The number of ether oxygens (including phenoxy) is 1. The van der Waals surface area contributed by atoms with Gasteiger partial charge in [-0.3, -0.25) is 4.90 Å². The quantitative estimate of drug-likeness (QED) is 0.859. The van der Waals surface area contributed by atoms with E-state index < -0.39 is 0 Å². The van der Waals surface area contributed by atoms with E-state index in [1.54, 1.807) is 7.11 Å². The number of benzene rings is 1. The van der Waals surface area contributed by atoms with Crippen LogP contribution in [0.15, 0.2) is 24.3 Å². The van der Waals surface area contributed by atoms with E-state index in [0.717, 1.165) is 39.1 Å². The highest BCUT2D eigenvalue weighted by Gasteiger charge is 2.37. The smallest absolute Gasteiger partial charge is 0.0500 e. The molecular formula is C21H34N2O2. The number of hydrogen-bond donors (Lipinski definition) is 1. The monoisotopic (exact) mass is 346 g/mol. The molecule has 0 saturated carbocycles. The van der Waals surface area contributed by atoms with E-state index in [1.807, 2.05) is 0 Å². The third-order valence-electron chi connectivity index (χ3n) is 6.24. The van der Waals surface area contributed by atoms with Gasteiger partial charge in [-0.1, -0.05) is 17.7 Å². The maximum absolute atomic E-state index is 10.0. The van der Waals surface area contributed by atoms with Crippen LogP contribution in [0.5, 0.6) is 0 Å². The highest BCUT2D eigenvalue weighted by Crippen LogP contribution is 2.35. The van der Waals surface area contributed by atoms with E-state index in [0.29, 0.717) is 6.04 Å². The third kappa shape index (κ3) is 4.55. The fourth-order valence-electron chi connectivity index (χ4n) is 4.53. The van der Waals surface area contributed by atoms with Crippen molar-refractivity contribution in [2.75, 3.05) is 51.4 Å². The van der Waals surface area contributed by atoms with Crippen LogP contribution >= 0.6 is 0 Å². The maximum atomic E-state index is 10.0. The fraction of sp³-hybridized carbons (Fsp3) is 0.714. The van der Waals surface area contributed by atoms with Crippen molar-refractivity contribution in [2.45, 2.75) is 45.1 Å². The van der Waals surface area contributed by atoms with Crippen molar-refractivity contribution in [1.29, 1.82) is 0 Å². The highest BCUT2D eigenvalue weighted by atomic mass is 16.5. The Balaban J connectivity index is 1.56. The first-order chi connectivity index (χ1) is 12.2. The molecule has 1 aromatic carbocycles. The van der Waals surface area contributed by atoms with Gasteiger partial charge < -0.3 is 14.7 Å². The Morgan fingerprint density at radius 2 is 1.88 bits per heavy atom. The van der Waals surface area contributed by atoms with Crippen LogP contribution in [0.4, 0.5) is 5.69 Å². The van der Waals surface area contributed by atoms with Gasteiger partial charge in [-0.25, -0.2) is 0 Å². The zero-order valence-corrected chi connectivity index (χ0v) is 15.9. The number of nitrogens with zero attached hydrogens (tertiary/aromatic N) is 2. The fourth-order valence-corrected chi connectivity index (χ4v) is 4.53. The summed E-state index contributed by atoms with van der Waals surface area (Å²) in [6.07, 6.45) is 5.74. The summed E-state index contributed by atoms with van der Waals surface area (Å²) in [6.45, 7) is 7.66. The molecule has 2 aliphatic heterocycles. The van der Waals surface area contributed by atoms with Gasteiger partial charge in [0.2, 0.25) is 0 Å². The predicted octanol–water partition coefficient (Wildman–Crippen LogP) is 3.07. The lowest BCUT2D eigenvalue weighted by molar-refractivity contribution is -0.0118. The minimum absolute atomic E-state index is 0.0440. The number of piperidine rings is 2. The van der Waals surface area contributed by atoms with Gasteiger partial charge in [-0.05, 0) is 57.7 Å². The number of rotatable bonds is 6. The second-order valence-electron chi connectivity index (χ2n) is 8.03. The molecule has 0 amide bonds. The molecule has 1 atom stereocenters. The van der Waals surface area contributed by atoms with Crippen LogP contribution in [0.2, 0.25) is 0 Å². The zero-order chi connectivity index (χ0) is 17.7. The number of methoxy groups -OCH3 is 1. The summed E-state index contributed by atoms with van der Waals surface area (Å²) >= 11 is 0. The van der Waals surface area contributed by atoms with Crippen molar-refractivity contribution in [3.05, 3.63) is 29.8 Å². The normalized spacial score (nSPS) is 26.1. The number of likely N-dealkylation sites (tertiary alicyclic amines) is 1. The summed E-state index contributed by atoms with van der Waals surface area (Å²) in [5, 5.41) is 10.0. The van der Waals surface area contributed by atoms with Crippen molar-refractivity contribution < 1.29 is 9.84 Å². The summed E-state index contributed by atoms with van der Waals surface area (Å²) in [4.78, 5) is 5.17. The summed E-state index contributed by atoms with van der Waals surface area (Å²) in [5.74, 6) is 0. The standard InChI is InChI=1S/C21H34N2O2/c1-18-4-6-19(7-5-18)22-13-8-20(9-14-22)23-12-3-10-21(16-23,17-24)11-15-25-2/h4-7,20,24H,3,8-17H2,1-2H3/t21-/m0/s1. The van der Waals surface area contributed by atoms with Crippen molar-refractivity contribution in [3.8, 4) is 0 Å². The lowest BCUT2D eigenvalue weighted by Gasteiger charge is -2.47. The number of aryl methyl sites for hydroxylation is 1. The number of aliphatic hydroxyl groups is 1. The van der Waals surface area contributed by atoms with Crippen molar-refractivity contribution in [3.63, 3.8) is 0 Å². The molecule has 2 fully saturated rings. The highest BCUT2D eigenvalue weighted by molar-refractivity contribution is 5.47. The third-order valence-corrected chi connectivity index (χ3v) is 6.24. The molecule has 4 nitrogen and oxygen atoms in total. The van der Waals surface area contributed by atoms with Crippen LogP contribution in [0.1, 0.15) is 37.7 Å². The first-order valence-corrected chi connectivity index (χ1v) is 9.81. The molecule has 0 aromatic heterocycles. The zero-order valence-electron chi connectivity index (χ0n) is 15.9. The number of aliphatic hydroxyl groups excluding tert-OH is 1. The Morgan fingerprint density at radius 1 is 1.16 bits per heavy atom. The van der Waals surface area contributed by atoms with Gasteiger partial charge in [0.1, 0.15) is 0 Å². The minimum atomic E-state index is 0.0440. The average molecular weight is 347 g/mol. The van der Waals surface area contributed by atoms with Gasteiger partial charge in [0, 0.05) is 50.5 Å². The summed E-state index contributed by atoms with van der Waals surface area (Å²) in [6, 6.07) is 9.57. The Hall–Kier alpha value is -1.10. The maximum Gasteiger partial charge on any atom is 0.0500 e. The molecule has 1 N–H and O–H groups in total. The molecule has 0 radical (unpaired) electrons. The molecule has 140 valence electrons. The second-order valence-corrected chi connectivity index (χ2v) is 8.03. The first-order valence-electron chi connectivity index (χ1n) is 9.81. The lowest BCUT2D eigenvalue weighted by Crippen LogP contribution is -2.53. The molecule has 2 heterocycles. The average Bonchev–Trinajstić information content (AvgIpc) is 2.67. The molecule has 1 aromatic rings. The second kappa shape index (κ2) is 8.52. The van der Waals surface area contributed by atoms with Gasteiger partial charge in [-0.2, -0.15) is 0 Å². The molecule has 0 bridgehead atoms. The molecule has 2 aliphatic rings. The lowest BCUT2D eigenvalue weighted by atomic mass is 9.77. The molecule has 0 spiro atoms. The molecule has 0 unspecified atom stereocenters. The van der Waals surface area contributed by atoms with Crippen LogP contribution in [0.25, 0.3) is 0 Å². The van der Waals surface area contributed by atoms with E-state index in [2.05, 4.69) is 41.0 Å². The Morgan fingerprint density at radius 3 is 2.52 bits per heavy atom. The summed E-state index contributed by atoms with van der Waals surface area (Å²) < 4.78 is 5.29. The molecular weight excluding hydrogens is 312 g/mol. The van der Waals surface area contributed by atoms with E-state index in [9.17, 15) is 5.11 Å². The Bertz CT molecular complexity index is 525. The van der Waals surface area contributed by atoms with Crippen LogP contribution in [-0.4, -0.2) is 62.6 Å². The van der Waals surface area contributed by atoms with Gasteiger partial charge >= 0.3 is 0 Å². The van der Waals surface area contributed by atoms with Crippen LogP contribution in [0.3, 0.4) is 0 Å². The van der Waals surface area contributed by atoms with E-state index in [-0.39, 0.29) is 12.0 Å². The molecule has 2 saturated heterocycles. The predicted molar refractivity (Wildman–Crippen MR) is 103 cm³/mol. The number of anilines is 1. The largest absolute Gasteiger partial charge is 0.396 e. The van der Waals surface area contributed by atoms with Crippen molar-refractivity contribution >= 4 is 5.69 Å². The van der Waals surface area contributed by atoms with Crippen LogP contribution in [0, 0.1) is 12.3 Å². The van der Waals surface area contributed by atoms with Crippen LogP contribution in [-0.2, 0) is 4.74 Å². The Labute approximate surface area is 152 Å². The SMILES string of the molecule is COCC[C@@]1(CO)CCCN(C2CCN(c3ccc(C)cc3)CC2)C1. The molecule has 25 heavy (non-hydrogen) atoms. The van der Waals surface area contributed by atoms with Crippen molar-refractivity contribution in [2.24, 2.45) is 5.41 Å². The molecule has 4 heteroatoms. The van der Waals surface area contributed by atoms with E-state index in [1.165, 1.54) is 37.1 Å². The summed E-state index contributed by atoms with van der Waals surface area (Å²) in [7, 11) is 1.76. The topological polar surface area (TPSA) is 35.9 Å². The van der Waals surface area contributed by atoms with E-state index >= 15 is 0 Å². The van der Waals surface area contributed by atoms with Gasteiger partial charge in [0.25, 0.3) is 0 Å². The molecule has 0 aliphatic carbocycles. The first kappa shape index (κ1) is 18.7. The Kier molecular flexibility index (Phi) is 6.37. The van der Waals surface area contributed by atoms with Gasteiger partial charge in [0.15, 0.2) is 0 Å². The number of hydrogen-bond acceptors (Lipinski definition) is 4. The van der Waals surface area contributed by atoms with E-state index in [4.69, 9.17) is 4.74 Å².